The van der Waals surface area contributed by atoms with E-state index >= 15 is 0 Å². The van der Waals surface area contributed by atoms with Crippen molar-refractivity contribution in [2.75, 3.05) is 0 Å². The van der Waals surface area contributed by atoms with E-state index in [4.69, 9.17) is 10.6 Å². The largest absolute Gasteiger partial charge is 0.490 e. The van der Waals surface area contributed by atoms with Gasteiger partial charge < -0.3 is 10.5 Å². The summed E-state index contributed by atoms with van der Waals surface area (Å²) in [5, 5.41) is 0. The van der Waals surface area contributed by atoms with E-state index in [-0.39, 0.29) is 19.4 Å². The van der Waals surface area contributed by atoms with Crippen molar-refractivity contribution in [3.63, 3.8) is 0 Å². The van der Waals surface area contributed by atoms with E-state index in [2.05, 4.69) is 10.2 Å². The lowest BCUT2D eigenvalue weighted by Crippen LogP contribution is -2.45. The minimum absolute atomic E-state index is 0.0956. The van der Waals surface area contributed by atoms with Gasteiger partial charge in [0.25, 0.3) is 0 Å². The summed E-state index contributed by atoms with van der Waals surface area (Å²) >= 11 is 0. The first kappa shape index (κ1) is 18.2. The van der Waals surface area contributed by atoms with Gasteiger partial charge in [0.1, 0.15) is 6.10 Å². The first-order chi connectivity index (χ1) is 11.3. The van der Waals surface area contributed by atoms with Crippen LogP contribution in [0.1, 0.15) is 18.4 Å². The minimum Gasteiger partial charge on any atom is -0.453 e. The predicted molar refractivity (Wildman–Crippen MR) is 76.0 cm³/mol. The highest BCUT2D eigenvalue weighted by Gasteiger charge is 2.47. The fourth-order valence-electron chi connectivity index (χ4n) is 2.48. The predicted octanol–water partition coefficient (Wildman–Crippen LogP) is 1.45. The van der Waals surface area contributed by atoms with Crippen molar-refractivity contribution < 1.29 is 32.3 Å². The zero-order chi connectivity index (χ0) is 17.7. The Kier molecular flexibility index (Phi) is 5.79. The average molecular weight is 346 g/mol. The molecular weight excluding hydrogens is 329 g/mol. The molecule has 6 nitrogen and oxygen atoms in total. The minimum atomic E-state index is -5.13. The molecule has 3 atom stereocenters. The Morgan fingerprint density at radius 1 is 1.21 bits per heavy atom. The third-order valence-electron chi connectivity index (χ3n) is 3.70. The van der Waals surface area contributed by atoms with E-state index in [0.717, 1.165) is 5.56 Å². The summed E-state index contributed by atoms with van der Waals surface area (Å²) in [6, 6.07) is 8.14. The van der Waals surface area contributed by atoms with Crippen LogP contribution in [0.15, 0.2) is 30.3 Å². The van der Waals surface area contributed by atoms with Gasteiger partial charge in [0.2, 0.25) is 5.91 Å². The standard InChI is InChI=1S/C15H17F3N2O4/c16-15(17,18)14(22)24-12-10(6-7-11(12)19)13(21)20-23-8-9-4-2-1-3-5-9/h1-5,10-12H,6-8,19H2,(H,20,21). The number of hydrogen-bond acceptors (Lipinski definition) is 5. The number of carbonyl (C=O) groups is 2. The molecule has 1 aromatic rings. The SMILES string of the molecule is NC1CCC(C(=O)NOCc2ccccc2)C1OC(=O)C(F)(F)F. The quantitative estimate of drug-likeness (QED) is 0.622. The van der Waals surface area contributed by atoms with E-state index in [0.29, 0.717) is 0 Å². The molecule has 9 heteroatoms. The number of nitrogens with two attached hydrogens (primary N) is 1. The van der Waals surface area contributed by atoms with E-state index in [1.807, 2.05) is 6.07 Å². The highest BCUT2D eigenvalue weighted by atomic mass is 19.4. The maximum atomic E-state index is 12.3. The highest BCUT2D eigenvalue weighted by molar-refractivity contribution is 5.80. The lowest BCUT2D eigenvalue weighted by molar-refractivity contribution is -0.207. The van der Waals surface area contributed by atoms with Gasteiger partial charge in [0, 0.05) is 6.04 Å². The van der Waals surface area contributed by atoms with Gasteiger partial charge in [0.15, 0.2) is 0 Å². The molecule has 0 heterocycles. The molecule has 1 amide bonds. The second-order valence-electron chi connectivity index (χ2n) is 5.46. The van der Waals surface area contributed by atoms with Crippen LogP contribution < -0.4 is 11.2 Å². The molecule has 0 bridgehead atoms. The normalized spacial score (nSPS) is 23.8. The van der Waals surface area contributed by atoms with E-state index in [1.165, 1.54) is 0 Å². The molecule has 24 heavy (non-hydrogen) atoms. The molecule has 3 unspecified atom stereocenters. The smallest absolute Gasteiger partial charge is 0.453 e. The molecule has 3 N–H and O–H groups in total. The third-order valence-corrected chi connectivity index (χ3v) is 3.70. The van der Waals surface area contributed by atoms with Crippen molar-refractivity contribution in [1.29, 1.82) is 0 Å². The number of hydroxylamine groups is 1. The fraction of sp³-hybridized carbons (Fsp3) is 0.467. The molecule has 0 aromatic heterocycles. The van der Waals surface area contributed by atoms with E-state index < -0.39 is 36.1 Å². The van der Waals surface area contributed by atoms with Crippen LogP contribution >= 0.6 is 0 Å². The lowest BCUT2D eigenvalue weighted by Gasteiger charge is -2.22. The Hall–Kier alpha value is -2.13. The number of nitrogens with one attached hydrogen (secondary N) is 1. The summed E-state index contributed by atoms with van der Waals surface area (Å²) in [6.07, 6.45) is -5.99. The molecule has 0 radical (unpaired) electrons. The van der Waals surface area contributed by atoms with Gasteiger partial charge in [-0.3, -0.25) is 9.63 Å². The number of amides is 1. The third kappa shape index (κ3) is 4.68. The molecule has 1 saturated carbocycles. The van der Waals surface area contributed by atoms with Crippen LogP contribution in [0.3, 0.4) is 0 Å². The maximum Gasteiger partial charge on any atom is 0.490 e. The number of halogens is 3. The number of rotatable bonds is 5. The van der Waals surface area contributed by atoms with Crippen LogP contribution in [0.4, 0.5) is 13.2 Å². The number of esters is 1. The molecule has 2 rings (SSSR count). The molecule has 1 aliphatic rings. The zero-order valence-electron chi connectivity index (χ0n) is 12.6. The van der Waals surface area contributed by atoms with E-state index in [1.54, 1.807) is 24.3 Å². The summed E-state index contributed by atoms with van der Waals surface area (Å²) in [6.45, 7) is 0.0956. The number of carbonyl (C=O) groups excluding carboxylic acids is 2. The average Bonchev–Trinajstić information content (AvgIpc) is 2.88. The summed E-state index contributed by atoms with van der Waals surface area (Å²) < 4.78 is 41.3. The van der Waals surface area contributed by atoms with Gasteiger partial charge in [-0.05, 0) is 18.4 Å². The van der Waals surface area contributed by atoms with Gasteiger partial charge in [-0.2, -0.15) is 13.2 Å². The number of hydrogen-bond donors (Lipinski definition) is 2. The molecule has 0 spiro atoms. The van der Waals surface area contributed by atoms with Gasteiger partial charge in [-0.15, -0.1) is 0 Å². The van der Waals surface area contributed by atoms with Gasteiger partial charge in [-0.1, -0.05) is 30.3 Å². The van der Waals surface area contributed by atoms with Crippen molar-refractivity contribution in [1.82, 2.24) is 5.48 Å². The Labute approximate surface area is 136 Å². The lowest BCUT2D eigenvalue weighted by atomic mass is 10.0. The molecule has 1 fully saturated rings. The van der Waals surface area contributed by atoms with Crippen LogP contribution in [0, 0.1) is 5.92 Å². The first-order valence-electron chi connectivity index (χ1n) is 7.28. The molecule has 1 aliphatic carbocycles. The zero-order valence-corrected chi connectivity index (χ0v) is 12.6. The van der Waals surface area contributed by atoms with Crippen LogP contribution in [0.5, 0.6) is 0 Å². The Morgan fingerprint density at radius 2 is 1.88 bits per heavy atom. The maximum absolute atomic E-state index is 12.3. The van der Waals surface area contributed by atoms with Gasteiger partial charge in [-0.25, -0.2) is 10.3 Å². The van der Waals surface area contributed by atoms with Gasteiger partial charge >= 0.3 is 12.1 Å². The summed E-state index contributed by atoms with van der Waals surface area (Å²) in [4.78, 5) is 28.1. The molecule has 132 valence electrons. The second-order valence-corrected chi connectivity index (χ2v) is 5.46. The van der Waals surface area contributed by atoms with Crippen molar-refractivity contribution in [3.05, 3.63) is 35.9 Å². The van der Waals surface area contributed by atoms with Crippen LogP contribution in [-0.2, 0) is 25.8 Å². The van der Waals surface area contributed by atoms with Gasteiger partial charge in [0.05, 0.1) is 12.5 Å². The monoisotopic (exact) mass is 346 g/mol. The molecule has 0 saturated heterocycles. The fourth-order valence-corrected chi connectivity index (χ4v) is 2.48. The van der Waals surface area contributed by atoms with Crippen molar-refractivity contribution >= 4 is 11.9 Å². The Bertz CT molecular complexity index is 580. The van der Waals surface area contributed by atoms with Crippen molar-refractivity contribution in [2.24, 2.45) is 11.7 Å². The van der Waals surface area contributed by atoms with Crippen molar-refractivity contribution in [3.8, 4) is 0 Å². The molecule has 1 aromatic carbocycles. The number of alkyl halides is 3. The molecule has 0 aliphatic heterocycles. The van der Waals surface area contributed by atoms with Crippen LogP contribution in [-0.4, -0.2) is 30.2 Å². The highest BCUT2D eigenvalue weighted by Crippen LogP contribution is 2.30. The van der Waals surface area contributed by atoms with Crippen LogP contribution in [0.2, 0.25) is 0 Å². The number of benzene rings is 1. The summed E-state index contributed by atoms with van der Waals surface area (Å²) in [5.41, 5.74) is 8.63. The first-order valence-corrected chi connectivity index (χ1v) is 7.28. The summed E-state index contributed by atoms with van der Waals surface area (Å²) in [7, 11) is 0. The molecular formula is C15H17F3N2O4. The van der Waals surface area contributed by atoms with Crippen LogP contribution in [0.25, 0.3) is 0 Å². The second kappa shape index (κ2) is 7.63. The number of ether oxygens (including phenoxy) is 1. The summed E-state index contributed by atoms with van der Waals surface area (Å²) in [5.74, 6) is -4.01. The topological polar surface area (TPSA) is 90.7 Å². The Balaban J connectivity index is 1.88. The van der Waals surface area contributed by atoms with Crippen molar-refractivity contribution in [2.45, 2.75) is 37.8 Å². The Morgan fingerprint density at radius 3 is 2.50 bits per heavy atom. The van der Waals surface area contributed by atoms with E-state index in [9.17, 15) is 22.8 Å².